The smallest absolute Gasteiger partial charge is 0.257 e. The van der Waals surface area contributed by atoms with Gasteiger partial charge in [-0.3, -0.25) is 4.79 Å². The van der Waals surface area contributed by atoms with Crippen LogP contribution < -0.4 is 4.72 Å². The Kier molecular flexibility index (Phi) is 6.57. The third-order valence-electron chi connectivity index (χ3n) is 5.22. The maximum Gasteiger partial charge on any atom is 0.257 e. The summed E-state index contributed by atoms with van der Waals surface area (Å²) in [5.41, 5.74) is 2.58. The number of aryl methyl sites for hydroxylation is 3. The molecule has 7 heteroatoms. The number of carbonyl (C=O) groups is 1. The van der Waals surface area contributed by atoms with Crippen molar-refractivity contribution in [3.63, 3.8) is 0 Å². The number of aromatic nitrogens is 1. The molecule has 0 bridgehead atoms. The normalized spacial score (nSPS) is 15.0. The van der Waals surface area contributed by atoms with Crippen LogP contribution in [0.15, 0.2) is 35.2 Å². The Labute approximate surface area is 167 Å². The SMILES string of the molecule is Cc1[nH]c(C)c(S(=O)(=O)NCCCc2ccccc2)c1C(=O)N1CCCCC1. The molecule has 6 nitrogen and oxygen atoms in total. The number of nitrogens with zero attached hydrogens (tertiary/aromatic N) is 1. The monoisotopic (exact) mass is 403 g/mol. The van der Waals surface area contributed by atoms with Crippen LogP contribution in [0.3, 0.4) is 0 Å². The van der Waals surface area contributed by atoms with Gasteiger partial charge in [0.1, 0.15) is 4.90 Å². The van der Waals surface area contributed by atoms with Gasteiger partial charge in [0.25, 0.3) is 5.91 Å². The number of carbonyl (C=O) groups excluding carboxylic acids is 1. The Morgan fingerprint density at radius 3 is 2.43 bits per heavy atom. The first-order valence-electron chi connectivity index (χ1n) is 9.92. The molecule has 1 fully saturated rings. The van der Waals surface area contributed by atoms with E-state index >= 15 is 0 Å². The third-order valence-corrected chi connectivity index (χ3v) is 6.85. The molecule has 1 saturated heterocycles. The molecule has 1 aliphatic heterocycles. The summed E-state index contributed by atoms with van der Waals surface area (Å²) in [5.74, 6) is -0.189. The van der Waals surface area contributed by atoms with Gasteiger partial charge in [-0.1, -0.05) is 30.3 Å². The molecule has 0 aliphatic carbocycles. The summed E-state index contributed by atoms with van der Waals surface area (Å²) in [4.78, 5) is 18.0. The molecule has 2 N–H and O–H groups in total. The molecule has 152 valence electrons. The molecule has 2 aromatic rings. The van der Waals surface area contributed by atoms with Crippen molar-refractivity contribution < 1.29 is 13.2 Å². The van der Waals surface area contributed by atoms with Gasteiger partial charge in [0.05, 0.1) is 5.56 Å². The lowest BCUT2D eigenvalue weighted by molar-refractivity contribution is 0.0720. The van der Waals surface area contributed by atoms with Gasteiger partial charge in [-0.2, -0.15) is 0 Å². The van der Waals surface area contributed by atoms with E-state index in [2.05, 4.69) is 9.71 Å². The first-order chi connectivity index (χ1) is 13.4. The number of piperidine rings is 1. The maximum atomic E-state index is 13.0. The summed E-state index contributed by atoms with van der Waals surface area (Å²) >= 11 is 0. The number of nitrogens with one attached hydrogen (secondary N) is 2. The first-order valence-corrected chi connectivity index (χ1v) is 11.4. The second-order valence-electron chi connectivity index (χ2n) is 7.42. The number of H-pyrrole nitrogens is 1. The highest BCUT2D eigenvalue weighted by Crippen LogP contribution is 2.26. The number of likely N-dealkylation sites (tertiary alicyclic amines) is 1. The van der Waals surface area contributed by atoms with Crippen LogP contribution >= 0.6 is 0 Å². The highest BCUT2D eigenvalue weighted by Gasteiger charge is 2.31. The summed E-state index contributed by atoms with van der Waals surface area (Å²) in [6.45, 7) is 5.17. The molecule has 0 unspecified atom stereocenters. The zero-order chi connectivity index (χ0) is 20.1. The highest BCUT2D eigenvalue weighted by molar-refractivity contribution is 7.89. The van der Waals surface area contributed by atoms with E-state index in [0.717, 1.165) is 25.7 Å². The largest absolute Gasteiger partial charge is 0.361 e. The van der Waals surface area contributed by atoms with Gasteiger partial charge in [-0.15, -0.1) is 0 Å². The first kappa shape index (κ1) is 20.6. The average molecular weight is 404 g/mol. The Balaban J connectivity index is 1.73. The predicted molar refractivity (Wildman–Crippen MR) is 110 cm³/mol. The van der Waals surface area contributed by atoms with Gasteiger partial charge < -0.3 is 9.88 Å². The predicted octanol–water partition coefficient (Wildman–Crippen LogP) is 3.17. The second-order valence-corrected chi connectivity index (χ2v) is 9.12. The molecule has 0 spiro atoms. The summed E-state index contributed by atoms with van der Waals surface area (Å²) in [7, 11) is -3.77. The van der Waals surface area contributed by atoms with E-state index in [1.165, 1.54) is 5.56 Å². The minimum absolute atomic E-state index is 0.0975. The average Bonchev–Trinajstić information content (AvgIpc) is 3.01. The molecular weight excluding hydrogens is 374 g/mol. The Morgan fingerprint density at radius 2 is 1.75 bits per heavy atom. The summed E-state index contributed by atoms with van der Waals surface area (Å²) < 4.78 is 28.6. The minimum atomic E-state index is -3.77. The van der Waals surface area contributed by atoms with E-state index in [0.29, 0.717) is 37.4 Å². The highest BCUT2D eigenvalue weighted by atomic mass is 32.2. The van der Waals surface area contributed by atoms with Crippen molar-refractivity contribution in [1.82, 2.24) is 14.6 Å². The number of hydrogen-bond acceptors (Lipinski definition) is 3. The van der Waals surface area contributed by atoms with Gasteiger partial charge in [-0.25, -0.2) is 13.1 Å². The van der Waals surface area contributed by atoms with Gasteiger partial charge >= 0.3 is 0 Å². The number of sulfonamides is 1. The minimum Gasteiger partial charge on any atom is -0.361 e. The Bertz CT molecular complexity index is 914. The maximum absolute atomic E-state index is 13.0. The van der Waals surface area contributed by atoms with E-state index in [4.69, 9.17) is 0 Å². The topological polar surface area (TPSA) is 82.3 Å². The Morgan fingerprint density at radius 1 is 1.07 bits per heavy atom. The summed E-state index contributed by atoms with van der Waals surface area (Å²) in [6.07, 6.45) is 4.54. The number of rotatable bonds is 7. The molecule has 1 amide bonds. The molecule has 1 aliphatic rings. The molecule has 0 radical (unpaired) electrons. The van der Waals surface area contributed by atoms with Crippen LogP contribution in [0.2, 0.25) is 0 Å². The van der Waals surface area contributed by atoms with Crippen LogP contribution in [0.5, 0.6) is 0 Å². The fraction of sp³-hybridized carbons (Fsp3) is 0.476. The second kappa shape index (κ2) is 8.92. The van der Waals surface area contributed by atoms with Crippen LogP contribution in [0.25, 0.3) is 0 Å². The number of benzene rings is 1. The summed E-state index contributed by atoms with van der Waals surface area (Å²) in [6, 6.07) is 9.98. The van der Waals surface area contributed by atoms with Gasteiger partial charge in [0.15, 0.2) is 0 Å². The van der Waals surface area contributed by atoms with Crippen LogP contribution in [0.1, 0.15) is 53.0 Å². The molecule has 3 rings (SSSR count). The third kappa shape index (κ3) is 4.64. The zero-order valence-electron chi connectivity index (χ0n) is 16.6. The molecule has 28 heavy (non-hydrogen) atoms. The Hall–Kier alpha value is -2.12. The number of aromatic amines is 1. The standard InChI is InChI=1S/C21H29N3O3S/c1-16-19(21(25)24-14-7-4-8-15-24)20(17(2)23-16)28(26,27)22-13-9-12-18-10-5-3-6-11-18/h3,5-6,10-11,22-23H,4,7-9,12-15H2,1-2H3. The van der Waals surface area contributed by atoms with E-state index in [1.807, 2.05) is 30.3 Å². The lowest BCUT2D eigenvalue weighted by Gasteiger charge is -2.27. The van der Waals surface area contributed by atoms with E-state index in [9.17, 15) is 13.2 Å². The van der Waals surface area contributed by atoms with Crippen molar-refractivity contribution in [2.75, 3.05) is 19.6 Å². The number of amides is 1. The molecule has 1 aromatic carbocycles. The molecular formula is C21H29N3O3S. The van der Waals surface area contributed by atoms with Gasteiger partial charge in [-0.05, 0) is 51.5 Å². The molecule has 0 saturated carbocycles. The van der Waals surface area contributed by atoms with Crippen LogP contribution in [0, 0.1) is 13.8 Å². The zero-order valence-corrected chi connectivity index (χ0v) is 17.4. The molecule has 0 atom stereocenters. The van der Waals surface area contributed by atoms with Crippen molar-refractivity contribution in [3.8, 4) is 0 Å². The van der Waals surface area contributed by atoms with Crippen molar-refractivity contribution in [1.29, 1.82) is 0 Å². The summed E-state index contributed by atoms with van der Waals surface area (Å²) in [5, 5.41) is 0. The van der Waals surface area contributed by atoms with Crippen LogP contribution in [-0.2, 0) is 16.4 Å². The van der Waals surface area contributed by atoms with Crippen molar-refractivity contribution in [2.24, 2.45) is 0 Å². The number of hydrogen-bond donors (Lipinski definition) is 2. The van der Waals surface area contributed by atoms with Crippen molar-refractivity contribution >= 4 is 15.9 Å². The fourth-order valence-electron chi connectivity index (χ4n) is 3.82. The van der Waals surface area contributed by atoms with Crippen molar-refractivity contribution in [3.05, 3.63) is 52.8 Å². The lowest BCUT2D eigenvalue weighted by Crippen LogP contribution is -2.37. The lowest BCUT2D eigenvalue weighted by atomic mass is 10.1. The van der Waals surface area contributed by atoms with E-state index < -0.39 is 10.0 Å². The van der Waals surface area contributed by atoms with Crippen LogP contribution in [-0.4, -0.2) is 43.8 Å². The van der Waals surface area contributed by atoms with Crippen LogP contribution in [0.4, 0.5) is 0 Å². The van der Waals surface area contributed by atoms with Crippen molar-refractivity contribution in [2.45, 2.75) is 50.8 Å². The molecule has 1 aromatic heterocycles. The van der Waals surface area contributed by atoms with E-state index in [1.54, 1.807) is 18.7 Å². The molecule has 2 heterocycles. The van der Waals surface area contributed by atoms with Gasteiger partial charge in [0, 0.05) is 31.0 Å². The van der Waals surface area contributed by atoms with E-state index in [-0.39, 0.29) is 16.4 Å². The fourth-order valence-corrected chi connectivity index (χ4v) is 5.34. The van der Waals surface area contributed by atoms with Gasteiger partial charge in [0.2, 0.25) is 10.0 Å². The quantitative estimate of drug-likeness (QED) is 0.697.